The van der Waals surface area contributed by atoms with Gasteiger partial charge in [0.1, 0.15) is 0 Å². The fraction of sp³-hybridized carbons (Fsp3) is 0.647. The molecule has 1 aliphatic rings. The molecule has 0 spiro atoms. The van der Waals surface area contributed by atoms with Crippen LogP contribution in [0, 0.1) is 0 Å². The van der Waals surface area contributed by atoms with E-state index in [9.17, 15) is 16.8 Å². The third-order valence-corrected chi connectivity index (χ3v) is 8.28. The number of sulfonamides is 1. The number of benzene rings is 1. The molecule has 1 fully saturated rings. The maximum absolute atomic E-state index is 12.5. The van der Waals surface area contributed by atoms with Gasteiger partial charge in [-0.05, 0) is 29.4 Å². The van der Waals surface area contributed by atoms with Gasteiger partial charge in [-0.15, -0.1) is 0 Å². The molecular weight excluding hydrogens is 346 g/mol. The van der Waals surface area contributed by atoms with E-state index >= 15 is 0 Å². The van der Waals surface area contributed by atoms with E-state index in [1.54, 1.807) is 0 Å². The highest BCUT2D eigenvalue weighted by molar-refractivity contribution is 7.92. The monoisotopic (exact) mass is 373 g/mol. The average molecular weight is 374 g/mol. The van der Waals surface area contributed by atoms with Crippen molar-refractivity contribution < 1.29 is 16.8 Å². The van der Waals surface area contributed by atoms with Gasteiger partial charge < -0.3 is 0 Å². The van der Waals surface area contributed by atoms with E-state index < -0.39 is 25.9 Å². The molecule has 0 bridgehead atoms. The van der Waals surface area contributed by atoms with E-state index in [2.05, 4.69) is 20.8 Å². The Hall–Kier alpha value is -0.920. The van der Waals surface area contributed by atoms with E-state index in [4.69, 9.17) is 0 Å². The number of rotatable bonds is 5. The first-order chi connectivity index (χ1) is 10.9. The highest BCUT2D eigenvalue weighted by Crippen LogP contribution is 2.23. The van der Waals surface area contributed by atoms with E-state index in [1.165, 1.54) is 16.9 Å². The molecule has 0 aromatic heterocycles. The molecule has 24 heavy (non-hydrogen) atoms. The lowest BCUT2D eigenvalue weighted by Gasteiger charge is -2.23. The van der Waals surface area contributed by atoms with Crippen LogP contribution in [0.25, 0.3) is 0 Å². The van der Waals surface area contributed by atoms with Crippen LogP contribution >= 0.6 is 0 Å². The van der Waals surface area contributed by atoms with Gasteiger partial charge >= 0.3 is 0 Å². The molecule has 136 valence electrons. The third kappa shape index (κ3) is 4.80. The van der Waals surface area contributed by atoms with Crippen molar-refractivity contribution in [3.63, 3.8) is 0 Å². The van der Waals surface area contributed by atoms with Gasteiger partial charge in [-0.25, -0.2) is 21.1 Å². The Balaban J connectivity index is 2.00. The summed E-state index contributed by atoms with van der Waals surface area (Å²) < 4.78 is 49.3. The Morgan fingerprint density at radius 2 is 1.75 bits per heavy atom. The summed E-state index contributed by atoms with van der Waals surface area (Å²) in [5.41, 5.74) is 2.25. The first-order valence-corrected chi connectivity index (χ1v) is 11.6. The molecule has 5 nitrogen and oxygen atoms in total. The van der Waals surface area contributed by atoms with E-state index in [0.29, 0.717) is 12.8 Å². The van der Waals surface area contributed by atoms with Crippen LogP contribution in [0.5, 0.6) is 0 Å². The fourth-order valence-electron chi connectivity index (χ4n) is 2.85. The summed E-state index contributed by atoms with van der Waals surface area (Å²) in [5.74, 6) is 0.00368. The predicted molar refractivity (Wildman–Crippen MR) is 97.5 cm³/mol. The quantitative estimate of drug-likeness (QED) is 0.791. The SMILES string of the molecule is CN(C1CCS(=O)(=O)C1)S(=O)(=O)CCc1ccc(C(C)(C)C)cc1. The zero-order chi connectivity index (χ0) is 18.2. The lowest BCUT2D eigenvalue weighted by molar-refractivity contribution is 0.394. The maximum atomic E-state index is 12.5. The van der Waals surface area contributed by atoms with Crippen LogP contribution in [0.1, 0.15) is 38.3 Å². The van der Waals surface area contributed by atoms with Crippen LogP contribution in [0.3, 0.4) is 0 Å². The molecule has 7 heteroatoms. The van der Waals surface area contributed by atoms with Gasteiger partial charge in [0.05, 0.1) is 17.3 Å². The average Bonchev–Trinajstić information content (AvgIpc) is 2.84. The van der Waals surface area contributed by atoms with Crippen LogP contribution in [0.4, 0.5) is 0 Å². The molecule has 1 aromatic carbocycles. The van der Waals surface area contributed by atoms with Crippen LogP contribution < -0.4 is 0 Å². The van der Waals surface area contributed by atoms with Gasteiger partial charge in [0, 0.05) is 13.1 Å². The smallest absolute Gasteiger partial charge is 0.214 e. The summed E-state index contributed by atoms with van der Waals surface area (Å²) in [6.07, 6.45) is 0.814. The summed E-state index contributed by atoms with van der Waals surface area (Å²) in [7, 11) is -5.06. The number of sulfone groups is 1. The van der Waals surface area contributed by atoms with Crippen molar-refractivity contribution in [3.05, 3.63) is 35.4 Å². The van der Waals surface area contributed by atoms with E-state index in [1.807, 2.05) is 24.3 Å². The van der Waals surface area contributed by atoms with Crippen molar-refractivity contribution in [2.75, 3.05) is 24.3 Å². The maximum Gasteiger partial charge on any atom is 0.214 e. The van der Waals surface area contributed by atoms with Crippen molar-refractivity contribution in [2.24, 2.45) is 0 Å². The molecule has 1 saturated heterocycles. The molecule has 1 atom stereocenters. The Morgan fingerprint density at radius 3 is 2.21 bits per heavy atom. The molecule has 1 aliphatic heterocycles. The molecule has 1 aromatic rings. The molecule has 1 unspecified atom stereocenters. The topological polar surface area (TPSA) is 71.5 Å². The minimum absolute atomic E-state index is 0.00505. The molecule has 0 saturated carbocycles. The predicted octanol–water partition coefficient (Wildman–Crippen LogP) is 1.98. The summed E-state index contributed by atoms with van der Waals surface area (Å²) >= 11 is 0. The zero-order valence-electron chi connectivity index (χ0n) is 14.8. The van der Waals surface area contributed by atoms with E-state index in [-0.39, 0.29) is 22.7 Å². The zero-order valence-corrected chi connectivity index (χ0v) is 16.5. The number of nitrogens with zero attached hydrogens (tertiary/aromatic N) is 1. The van der Waals surface area contributed by atoms with Crippen LogP contribution in [0.2, 0.25) is 0 Å². The number of hydrogen-bond acceptors (Lipinski definition) is 4. The molecule has 0 aliphatic carbocycles. The van der Waals surface area contributed by atoms with Crippen LogP contribution in [0.15, 0.2) is 24.3 Å². The Kier molecular flexibility index (Phi) is 5.47. The van der Waals surface area contributed by atoms with Crippen molar-refractivity contribution >= 4 is 19.9 Å². The lowest BCUT2D eigenvalue weighted by atomic mass is 9.86. The Morgan fingerprint density at radius 1 is 1.17 bits per heavy atom. The van der Waals surface area contributed by atoms with Crippen LogP contribution in [-0.2, 0) is 31.7 Å². The largest absolute Gasteiger partial charge is 0.229 e. The molecular formula is C17H27NO4S2. The van der Waals surface area contributed by atoms with Gasteiger partial charge in [0.15, 0.2) is 9.84 Å². The van der Waals surface area contributed by atoms with Gasteiger partial charge in [-0.3, -0.25) is 0 Å². The van der Waals surface area contributed by atoms with Gasteiger partial charge in [-0.1, -0.05) is 45.0 Å². The fourth-order valence-corrected chi connectivity index (χ4v) is 6.14. The molecule has 0 N–H and O–H groups in total. The summed E-state index contributed by atoms with van der Waals surface area (Å²) in [6, 6.07) is 7.58. The van der Waals surface area contributed by atoms with Crippen molar-refractivity contribution in [2.45, 2.75) is 45.1 Å². The summed E-state index contributed by atoms with van der Waals surface area (Å²) in [4.78, 5) is 0. The molecule has 1 heterocycles. The van der Waals surface area contributed by atoms with Crippen LogP contribution in [-0.4, -0.2) is 51.5 Å². The second-order valence-electron chi connectivity index (χ2n) is 7.59. The standard InChI is InChI=1S/C17H27NO4S2/c1-17(2,3)15-7-5-14(6-8-15)9-12-24(21,22)18(4)16-10-11-23(19,20)13-16/h5-8,16H,9-13H2,1-4H3. The first-order valence-electron chi connectivity index (χ1n) is 8.16. The first kappa shape index (κ1) is 19.4. The van der Waals surface area contributed by atoms with Gasteiger partial charge in [-0.2, -0.15) is 0 Å². The van der Waals surface area contributed by atoms with Gasteiger partial charge in [0.25, 0.3) is 0 Å². The highest BCUT2D eigenvalue weighted by Gasteiger charge is 2.35. The second kappa shape index (κ2) is 6.77. The second-order valence-corrected chi connectivity index (χ2v) is 12.0. The van der Waals surface area contributed by atoms with Gasteiger partial charge in [0.2, 0.25) is 10.0 Å². The van der Waals surface area contributed by atoms with Crippen molar-refractivity contribution in [1.82, 2.24) is 4.31 Å². The number of hydrogen-bond donors (Lipinski definition) is 0. The molecule has 2 rings (SSSR count). The minimum Gasteiger partial charge on any atom is -0.229 e. The minimum atomic E-state index is -3.46. The Bertz CT molecular complexity index is 775. The summed E-state index contributed by atoms with van der Waals surface area (Å²) in [5, 5.41) is 0. The third-order valence-electron chi connectivity index (χ3n) is 4.63. The number of aryl methyl sites for hydroxylation is 1. The van der Waals surface area contributed by atoms with E-state index in [0.717, 1.165) is 5.56 Å². The molecule has 0 amide bonds. The highest BCUT2D eigenvalue weighted by atomic mass is 32.2. The van der Waals surface area contributed by atoms with Crippen molar-refractivity contribution in [3.8, 4) is 0 Å². The Labute approximate surface area is 146 Å². The lowest BCUT2D eigenvalue weighted by Crippen LogP contribution is -2.39. The van der Waals surface area contributed by atoms with Crippen molar-refractivity contribution in [1.29, 1.82) is 0 Å². The summed E-state index contributed by atoms with van der Waals surface area (Å²) in [6.45, 7) is 6.41. The normalized spacial score (nSPS) is 21.3. The molecule has 0 radical (unpaired) electrons.